The molecule has 90 valence electrons. The topological polar surface area (TPSA) is 49.3 Å². The van der Waals surface area contributed by atoms with E-state index in [0.717, 1.165) is 37.9 Å². The first-order valence-corrected chi connectivity index (χ1v) is 6.27. The Labute approximate surface area is 101 Å². The van der Waals surface area contributed by atoms with E-state index in [2.05, 4.69) is 11.4 Å². The van der Waals surface area contributed by atoms with Crippen molar-refractivity contribution in [2.45, 2.75) is 30.6 Å². The smallest absolute Gasteiger partial charge is 0.314 e. The predicted octanol–water partition coefficient (Wildman–Crippen LogP) is 1.88. The second-order valence-corrected chi connectivity index (χ2v) is 5.16. The molecule has 2 N–H and O–H groups in total. The van der Waals surface area contributed by atoms with Crippen LogP contribution in [0, 0.1) is 0 Å². The van der Waals surface area contributed by atoms with Crippen molar-refractivity contribution in [2.75, 3.05) is 13.1 Å². The van der Waals surface area contributed by atoms with Crippen molar-refractivity contribution in [2.24, 2.45) is 0 Å². The number of carboxylic acids is 1. The number of benzene rings is 1. The van der Waals surface area contributed by atoms with Crippen LogP contribution in [0.2, 0.25) is 0 Å². The highest BCUT2D eigenvalue weighted by molar-refractivity contribution is 5.85. The second-order valence-electron chi connectivity index (χ2n) is 5.16. The van der Waals surface area contributed by atoms with Gasteiger partial charge in [-0.3, -0.25) is 4.79 Å². The van der Waals surface area contributed by atoms with Gasteiger partial charge in [-0.25, -0.2) is 0 Å². The SMILES string of the molecule is O=C(O)C1(c2ccccc2C2CCNC2)CC1. The quantitative estimate of drug-likeness (QED) is 0.835. The van der Waals surface area contributed by atoms with Gasteiger partial charge >= 0.3 is 5.97 Å². The minimum absolute atomic E-state index is 0.489. The number of carboxylic acid groups (broad SMARTS) is 1. The Kier molecular flexibility index (Phi) is 2.44. The lowest BCUT2D eigenvalue weighted by Gasteiger charge is -2.19. The van der Waals surface area contributed by atoms with Gasteiger partial charge < -0.3 is 10.4 Å². The lowest BCUT2D eigenvalue weighted by molar-refractivity contribution is -0.140. The van der Waals surface area contributed by atoms with Crippen LogP contribution in [0.25, 0.3) is 0 Å². The van der Waals surface area contributed by atoms with Gasteiger partial charge in [0.25, 0.3) is 0 Å². The zero-order valence-corrected chi connectivity index (χ0v) is 9.78. The molecule has 2 aliphatic rings. The van der Waals surface area contributed by atoms with E-state index >= 15 is 0 Å². The Morgan fingerprint density at radius 2 is 2.12 bits per heavy atom. The Balaban J connectivity index is 2.02. The molecule has 3 rings (SSSR count). The maximum absolute atomic E-state index is 11.4. The molecule has 0 radical (unpaired) electrons. The Morgan fingerprint density at radius 3 is 2.71 bits per heavy atom. The molecular formula is C14H17NO2. The van der Waals surface area contributed by atoms with E-state index in [9.17, 15) is 9.90 Å². The largest absolute Gasteiger partial charge is 0.481 e. The highest BCUT2D eigenvalue weighted by Gasteiger charge is 2.53. The minimum atomic E-state index is -0.657. The molecule has 0 bridgehead atoms. The van der Waals surface area contributed by atoms with Gasteiger partial charge in [-0.2, -0.15) is 0 Å². The third-order valence-electron chi connectivity index (χ3n) is 4.14. The van der Waals surface area contributed by atoms with E-state index < -0.39 is 11.4 Å². The lowest BCUT2D eigenvalue weighted by atomic mass is 9.85. The Bertz CT molecular complexity index is 445. The molecule has 1 aromatic rings. The third-order valence-corrected chi connectivity index (χ3v) is 4.14. The number of carbonyl (C=O) groups is 1. The van der Waals surface area contributed by atoms with Crippen molar-refractivity contribution >= 4 is 5.97 Å². The molecular weight excluding hydrogens is 214 g/mol. The average molecular weight is 231 g/mol. The van der Waals surface area contributed by atoms with Crippen molar-refractivity contribution in [1.29, 1.82) is 0 Å². The first kappa shape index (κ1) is 10.8. The molecule has 1 aliphatic carbocycles. The normalized spacial score (nSPS) is 25.8. The molecule has 0 aromatic heterocycles. The van der Waals surface area contributed by atoms with Gasteiger partial charge in [-0.05, 0) is 42.9 Å². The predicted molar refractivity (Wildman–Crippen MR) is 65.2 cm³/mol. The fourth-order valence-corrected chi connectivity index (χ4v) is 2.93. The zero-order chi connectivity index (χ0) is 11.9. The van der Waals surface area contributed by atoms with Crippen LogP contribution in [-0.4, -0.2) is 24.2 Å². The Morgan fingerprint density at radius 1 is 1.35 bits per heavy atom. The maximum atomic E-state index is 11.4. The summed E-state index contributed by atoms with van der Waals surface area (Å²) in [6.45, 7) is 2.02. The van der Waals surface area contributed by atoms with Gasteiger partial charge in [0.1, 0.15) is 0 Å². The van der Waals surface area contributed by atoms with Gasteiger partial charge in [0.2, 0.25) is 0 Å². The van der Waals surface area contributed by atoms with Crippen LogP contribution < -0.4 is 5.32 Å². The molecule has 1 atom stereocenters. The van der Waals surface area contributed by atoms with E-state index in [1.54, 1.807) is 0 Å². The van der Waals surface area contributed by atoms with Crippen molar-refractivity contribution in [3.63, 3.8) is 0 Å². The van der Waals surface area contributed by atoms with Crippen LogP contribution in [0.15, 0.2) is 24.3 Å². The molecule has 1 aliphatic heterocycles. The number of nitrogens with one attached hydrogen (secondary N) is 1. The Hall–Kier alpha value is -1.35. The molecule has 1 saturated carbocycles. The summed E-state index contributed by atoms with van der Waals surface area (Å²) in [5, 5.41) is 12.8. The van der Waals surface area contributed by atoms with E-state index in [1.807, 2.05) is 18.2 Å². The number of hydrogen-bond acceptors (Lipinski definition) is 2. The second kappa shape index (κ2) is 3.84. The van der Waals surface area contributed by atoms with Gasteiger partial charge in [-0.1, -0.05) is 24.3 Å². The number of rotatable bonds is 3. The van der Waals surface area contributed by atoms with Crippen LogP contribution in [0.4, 0.5) is 0 Å². The molecule has 3 heteroatoms. The summed E-state index contributed by atoms with van der Waals surface area (Å²) < 4.78 is 0. The summed E-state index contributed by atoms with van der Waals surface area (Å²) in [6, 6.07) is 8.10. The minimum Gasteiger partial charge on any atom is -0.481 e. The number of aliphatic carboxylic acids is 1. The fourth-order valence-electron chi connectivity index (χ4n) is 2.93. The lowest BCUT2D eigenvalue weighted by Crippen LogP contribution is -2.22. The summed E-state index contributed by atoms with van der Waals surface area (Å²) in [5.41, 5.74) is 1.73. The first-order chi connectivity index (χ1) is 8.24. The summed E-state index contributed by atoms with van der Waals surface area (Å²) in [4.78, 5) is 11.4. The van der Waals surface area contributed by atoms with Gasteiger partial charge in [-0.15, -0.1) is 0 Å². The molecule has 2 fully saturated rings. The first-order valence-electron chi connectivity index (χ1n) is 6.27. The molecule has 0 amide bonds. The standard InChI is InChI=1S/C14H17NO2/c16-13(17)14(6-7-14)12-4-2-1-3-11(12)10-5-8-15-9-10/h1-4,10,15H,5-9H2,(H,16,17). The fraction of sp³-hybridized carbons (Fsp3) is 0.500. The molecule has 1 unspecified atom stereocenters. The average Bonchev–Trinajstić information content (AvgIpc) is 2.98. The van der Waals surface area contributed by atoms with Crippen molar-refractivity contribution in [3.8, 4) is 0 Å². The molecule has 1 aromatic carbocycles. The third kappa shape index (κ3) is 1.65. The van der Waals surface area contributed by atoms with Crippen LogP contribution in [0.1, 0.15) is 36.3 Å². The van der Waals surface area contributed by atoms with Gasteiger partial charge in [0.05, 0.1) is 5.41 Å². The summed E-state index contributed by atoms with van der Waals surface area (Å²) in [7, 11) is 0. The highest BCUT2D eigenvalue weighted by atomic mass is 16.4. The van der Waals surface area contributed by atoms with Gasteiger partial charge in [0, 0.05) is 6.54 Å². The van der Waals surface area contributed by atoms with Crippen molar-refractivity contribution in [3.05, 3.63) is 35.4 Å². The number of hydrogen-bond donors (Lipinski definition) is 2. The van der Waals surface area contributed by atoms with Crippen molar-refractivity contribution in [1.82, 2.24) is 5.32 Å². The molecule has 1 heterocycles. The zero-order valence-electron chi connectivity index (χ0n) is 9.78. The van der Waals surface area contributed by atoms with Crippen LogP contribution in [-0.2, 0) is 10.2 Å². The monoisotopic (exact) mass is 231 g/mol. The summed E-state index contributed by atoms with van der Waals surface area (Å²) in [5.74, 6) is -0.168. The van der Waals surface area contributed by atoms with E-state index in [-0.39, 0.29) is 0 Å². The summed E-state index contributed by atoms with van der Waals surface area (Å²) in [6.07, 6.45) is 2.70. The maximum Gasteiger partial charge on any atom is 0.314 e. The van der Waals surface area contributed by atoms with Crippen LogP contribution >= 0.6 is 0 Å². The summed E-state index contributed by atoms with van der Waals surface area (Å²) >= 11 is 0. The van der Waals surface area contributed by atoms with Crippen LogP contribution in [0.3, 0.4) is 0 Å². The molecule has 3 nitrogen and oxygen atoms in total. The highest BCUT2D eigenvalue weighted by Crippen LogP contribution is 2.50. The molecule has 1 saturated heterocycles. The van der Waals surface area contributed by atoms with Crippen molar-refractivity contribution < 1.29 is 9.90 Å². The molecule has 0 spiro atoms. The van der Waals surface area contributed by atoms with Gasteiger partial charge in [0.15, 0.2) is 0 Å². The van der Waals surface area contributed by atoms with Crippen LogP contribution in [0.5, 0.6) is 0 Å². The van der Waals surface area contributed by atoms with E-state index in [1.165, 1.54) is 5.56 Å². The van der Waals surface area contributed by atoms with E-state index in [0.29, 0.717) is 5.92 Å². The van der Waals surface area contributed by atoms with E-state index in [4.69, 9.17) is 0 Å². The molecule has 17 heavy (non-hydrogen) atoms.